The van der Waals surface area contributed by atoms with Gasteiger partial charge in [0.1, 0.15) is 11.5 Å². The van der Waals surface area contributed by atoms with Gasteiger partial charge in [-0.15, -0.1) is 0 Å². The Hall–Kier alpha value is -8.20. The molecule has 10 aromatic carbocycles. The number of anilines is 3. The van der Waals surface area contributed by atoms with Gasteiger partial charge in [-0.05, 0) is 116 Å². The van der Waals surface area contributed by atoms with Crippen molar-refractivity contribution >= 4 is 33.9 Å². The van der Waals surface area contributed by atoms with Crippen LogP contribution in [0.4, 0.5) is 17.1 Å². The van der Waals surface area contributed by atoms with Crippen LogP contribution in [0.3, 0.4) is 0 Å². The molecule has 0 saturated heterocycles. The summed E-state index contributed by atoms with van der Waals surface area (Å²) in [4.78, 5) is 2.44. The molecule has 2 heteroatoms. The van der Waals surface area contributed by atoms with Crippen molar-refractivity contribution in [2.45, 2.75) is 18.3 Å². The summed E-state index contributed by atoms with van der Waals surface area (Å²) in [6, 6.07) is 82.5. The van der Waals surface area contributed by atoms with Gasteiger partial charge in [-0.25, -0.2) is 0 Å². The fourth-order valence-electron chi connectivity index (χ4n) is 11.1. The average molecular weight is 830 g/mol. The van der Waals surface area contributed by atoms with E-state index in [1.54, 1.807) is 0 Å². The third-order valence-electron chi connectivity index (χ3n) is 13.9. The molecule has 3 aliphatic rings. The minimum Gasteiger partial charge on any atom is -0.455 e. The first-order chi connectivity index (χ1) is 32.2. The van der Waals surface area contributed by atoms with E-state index >= 15 is 0 Å². The van der Waals surface area contributed by atoms with E-state index in [-0.39, 0.29) is 0 Å². The van der Waals surface area contributed by atoms with Gasteiger partial charge >= 0.3 is 0 Å². The molecule has 2 aliphatic carbocycles. The van der Waals surface area contributed by atoms with Gasteiger partial charge in [0.05, 0.1) is 11.1 Å². The van der Waals surface area contributed by atoms with Crippen LogP contribution in [0.1, 0.15) is 39.8 Å². The van der Waals surface area contributed by atoms with Crippen molar-refractivity contribution in [2.24, 2.45) is 0 Å². The van der Waals surface area contributed by atoms with Gasteiger partial charge in [-0.2, -0.15) is 0 Å². The van der Waals surface area contributed by atoms with Crippen molar-refractivity contribution in [2.75, 3.05) is 4.90 Å². The fraction of sp³-hybridized carbons (Fsp3) is 0.0476. The van der Waals surface area contributed by atoms with E-state index in [0.717, 1.165) is 57.9 Å². The van der Waals surface area contributed by atoms with E-state index in [1.807, 2.05) is 0 Å². The molecule has 0 radical (unpaired) electrons. The summed E-state index contributed by atoms with van der Waals surface area (Å²) in [5.41, 5.74) is 19.6. The monoisotopic (exact) mass is 829 g/mol. The van der Waals surface area contributed by atoms with E-state index in [0.29, 0.717) is 0 Å². The summed E-state index contributed by atoms with van der Waals surface area (Å²) < 4.78 is 7.29. The molecule has 65 heavy (non-hydrogen) atoms. The molecule has 2 nitrogen and oxygen atoms in total. The number of rotatable bonds is 6. The molecular formula is C63H43NO. The molecule has 1 unspecified atom stereocenters. The third-order valence-corrected chi connectivity index (χ3v) is 13.9. The molecule has 0 fully saturated rings. The van der Waals surface area contributed by atoms with Crippen LogP contribution in [0, 0.1) is 0 Å². The van der Waals surface area contributed by atoms with E-state index in [4.69, 9.17) is 4.74 Å². The summed E-state index contributed by atoms with van der Waals surface area (Å²) in [6.45, 7) is 0. The molecule has 0 N–H and O–H groups in total. The second-order valence-electron chi connectivity index (χ2n) is 17.5. The van der Waals surface area contributed by atoms with Gasteiger partial charge in [-0.1, -0.05) is 194 Å². The standard InChI is InChI=1S/C63H43NO/c1-4-18-42(19-5-1)47-38-48(43-20-6-2-7-21-43)40-50(39-47)64(49-24-8-3-9-25-49)60-31-17-15-26-51(60)46-32-35-55-54-29-14-16-30-56(54)63(59(55)41-46)57-36-33-44-22-10-12-27-52(44)61(57)65-62-53-28-13-11-23-45(53)34-37-58(62)63/h1-10,12-22,24-41H,11,23H2. The minimum atomic E-state index is -0.627. The molecule has 13 rings (SSSR count). The molecular weight excluding hydrogens is 787 g/mol. The summed E-state index contributed by atoms with van der Waals surface area (Å²) in [7, 11) is 0. The predicted molar refractivity (Wildman–Crippen MR) is 270 cm³/mol. The molecule has 0 amide bonds. The van der Waals surface area contributed by atoms with Crippen molar-refractivity contribution in [3.05, 3.63) is 264 Å². The molecule has 0 aromatic heterocycles. The molecule has 1 spiro atoms. The number of para-hydroxylation sites is 2. The van der Waals surface area contributed by atoms with E-state index in [2.05, 4.69) is 242 Å². The Morgan fingerprint density at radius 2 is 1.03 bits per heavy atom. The number of allylic oxidation sites excluding steroid dienone is 1. The Balaban J connectivity index is 1.07. The molecule has 1 heterocycles. The summed E-state index contributed by atoms with van der Waals surface area (Å²) in [5.74, 6) is 1.91. The van der Waals surface area contributed by atoms with Crippen LogP contribution < -0.4 is 9.64 Å². The van der Waals surface area contributed by atoms with E-state index in [1.165, 1.54) is 72.1 Å². The highest BCUT2D eigenvalue weighted by Crippen LogP contribution is 2.64. The number of nitrogens with zero attached hydrogens (tertiary/aromatic N) is 1. The normalized spacial score (nSPS) is 15.1. The average Bonchev–Trinajstić information content (AvgIpc) is 3.67. The zero-order chi connectivity index (χ0) is 42.9. The quantitative estimate of drug-likeness (QED) is 0.166. The zero-order valence-electron chi connectivity index (χ0n) is 35.8. The highest BCUT2D eigenvalue weighted by Gasteiger charge is 2.52. The van der Waals surface area contributed by atoms with Crippen molar-refractivity contribution in [3.63, 3.8) is 0 Å². The lowest BCUT2D eigenvalue weighted by Crippen LogP contribution is -2.33. The molecule has 0 bridgehead atoms. The first-order valence-corrected chi connectivity index (χ1v) is 22.7. The van der Waals surface area contributed by atoms with Crippen molar-refractivity contribution in [3.8, 4) is 56.0 Å². The Morgan fingerprint density at radius 3 is 1.82 bits per heavy atom. The Bertz CT molecular complexity index is 3460. The van der Waals surface area contributed by atoms with Gasteiger partial charge < -0.3 is 9.64 Å². The van der Waals surface area contributed by atoms with E-state index in [9.17, 15) is 0 Å². The Kier molecular flexibility index (Phi) is 8.60. The van der Waals surface area contributed by atoms with Gasteiger partial charge in [0, 0.05) is 39.0 Å². The fourth-order valence-corrected chi connectivity index (χ4v) is 11.1. The minimum absolute atomic E-state index is 0.627. The number of hydrogen-bond donors (Lipinski definition) is 0. The lowest BCUT2D eigenvalue weighted by molar-refractivity contribution is 0.439. The van der Waals surface area contributed by atoms with Crippen molar-refractivity contribution in [1.29, 1.82) is 0 Å². The van der Waals surface area contributed by atoms with Crippen molar-refractivity contribution in [1.82, 2.24) is 0 Å². The van der Waals surface area contributed by atoms with Gasteiger partial charge in [0.15, 0.2) is 0 Å². The van der Waals surface area contributed by atoms with Gasteiger partial charge in [0.2, 0.25) is 0 Å². The van der Waals surface area contributed by atoms with Crippen LogP contribution in [0.5, 0.6) is 11.5 Å². The summed E-state index contributed by atoms with van der Waals surface area (Å²) in [5, 5.41) is 2.30. The molecule has 0 saturated carbocycles. The van der Waals surface area contributed by atoms with Crippen LogP contribution in [0.2, 0.25) is 0 Å². The molecule has 306 valence electrons. The van der Waals surface area contributed by atoms with Crippen molar-refractivity contribution < 1.29 is 4.74 Å². The van der Waals surface area contributed by atoms with Crippen LogP contribution in [0.15, 0.2) is 231 Å². The van der Waals surface area contributed by atoms with Gasteiger partial charge in [-0.3, -0.25) is 0 Å². The zero-order valence-corrected chi connectivity index (χ0v) is 35.8. The number of fused-ring (bicyclic) bond motifs is 13. The number of hydrogen-bond acceptors (Lipinski definition) is 2. The lowest BCUT2D eigenvalue weighted by Gasteiger charge is -2.41. The summed E-state index contributed by atoms with van der Waals surface area (Å²) >= 11 is 0. The van der Waals surface area contributed by atoms with Crippen LogP contribution in [0.25, 0.3) is 61.4 Å². The predicted octanol–water partition coefficient (Wildman–Crippen LogP) is 16.7. The van der Waals surface area contributed by atoms with Crippen LogP contribution >= 0.6 is 0 Å². The molecule has 1 aliphatic heterocycles. The second kappa shape index (κ2) is 15.0. The third kappa shape index (κ3) is 5.81. The van der Waals surface area contributed by atoms with Crippen LogP contribution in [-0.4, -0.2) is 0 Å². The maximum Gasteiger partial charge on any atom is 0.140 e. The maximum atomic E-state index is 7.29. The topological polar surface area (TPSA) is 12.5 Å². The van der Waals surface area contributed by atoms with Gasteiger partial charge in [0.25, 0.3) is 0 Å². The largest absolute Gasteiger partial charge is 0.455 e. The van der Waals surface area contributed by atoms with Crippen LogP contribution in [-0.2, 0) is 11.8 Å². The second-order valence-corrected chi connectivity index (χ2v) is 17.5. The first kappa shape index (κ1) is 37.4. The Morgan fingerprint density at radius 1 is 0.400 bits per heavy atom. The highest BCUT2D eigenvalue weighted by molar-refractivity contribution is 5.98. The highest BCUT2D eigenvalue weighted by atomic mass is 16.5. The molecule has 10 aromatic rings. The summed E-state index contributed by atoms with van der Waals surface area (Å²) in [6.07, 6.45) is 6.64. The maximum absolute atomic E-state index is 7.29. The lowest BCUT2D eigenvalue weighted by atomic mass is 9.64. The smallest absolute Gasteiger partial charge is 0.140 e. The van der Waals surface area contributed by atoms with E-state index < -0.39 is 5.41 Å². The molecule has 1 atom stereocenters. The number of ether oxygens (including phenoxy) is 1. The number of benzene rings is 10. The Labute approximate surface area is 380 Å². The SMILES string of the molecule is C1=Cc2c(ccc3c2Oc2c(ccc4ccccc24)C32c3ccccc3-c3ccc(-c4ccccc4N(c4ccccc4)c4cc(-c5ccccc5)cc(-c5ccccc5)c4)cc32)CC1. The first-order valence-electron chi connectivity index (χ1n) is 22.7. The number of aryl methyl sites for hydroxylation is 1.